The van der Waals surface area contributed by atoms with E-state index in [4.69, 9.17) is 9.52 Å². The van der Waals surface area contributed by atoms with Crippen molar-refractivity contribution in [3.05, 3.63) is 47.9 Å². The highest BCUT2D eigenvalue weighted by Crippen LogP contribution is 2.36. The number of carboxylic acids is 1. The molecule has 0 spiro atoms. The van der Waals surface area contributed by atoms with Gasteiger partial charge in [0.25, 0.3) is 0 Å². The molecule has 1 aromatic carbocycles. The Morgan fingerprint density at radius 1 is 1.20 bits per heavy atom. The fraction of sp³-hybridized carbons (Fsp3) is 0.125. The zero-order valence-corrected chi connectivity index (χ0v) is 12.7. The molecule has 0 aliphatic carbocycles. The van der Waals surface area contributed by atoms with Crippen LogP contribution in [0.5, 0.6) is 0 Å². The second-order valence-corrected chi connectivity index (χ2v) is 5.55. The van der Waals surface area contributed by atoms with Gasteiger partial charge in [0.05, 0.1) is 11.1 Å². The third kappa shape index (κ3) is 2.27. The van der Waals surface area contributed by atoms with Gasteiger partial charge in [-0.3, -0.25) is 9.25 Å². The van der Waals surface area contributed by atoms with Crippen LogP contribution >= 0.6 is 0 Å². The first-order valence-corrected chi connectivity index (χ1v) is 7.14. The monoisotopic (exact) mass is 349 g/mol. The number of fused-ring (bicyclic) bond motifs is 3. The molecule has 0 saturated carbocycles. The lowest BCUT2D eigenvalue weighted by Gasteiger charge is -2.04. The summed E-state index contributed by atoms with van der Waals surface area (Å²) in [5.41, 5.74) is 0.958. The Balaban J connectivity index is 2.04. The predicted octanol–water partition coefficient (Wildman–Crippen LogP) is 3.83. The van der Waals surface area contributed by atoms with E-state index in [0.29, 0.717) is 21.9 Å². The van der Waals surface area contributed by atoms with Crippen LogP contribution in [0.1, 0.15) is 16.1 Å². The lowest BCUT2D eigenvalue weighted by Crippen LogP contribution is -2.02. The van der Waals surface area contributed by atoms with Crippen LogP contribution in [0, 0.1) is 0 Å². The number of benzene rings is 1. The van der Waals surface area contributed by atoms with Crippen LogP contribution in [0.15, 0.2) is 40.9 Å². The number of alkyl halides is 3. The van der Waals surface area contributed by atoms with E-state index in [9.17, 15) is 18.0 Å². The highest BCUT2D eigenvalue weighted by atomic mass is 19.4. The molecule has 1 N–H and O–H groups in total. The first-order chi connectivity index (χ1) is 11.8. The molecule has 4 aromatic rings. The molecule has 6 nitrogen and oxygen atoms in total. The van der Waals surface area contributed by atoms with Crippen molar-refractivity contribution in [2.45, 2.75) is 6.18 Å². The molecular formula is C16H10F3N3O3. The fourth-order valence-electron chi connectivity index (χ4n) is 2.85. The number of nitrogens with zero attached hydrogens (tertiary/aromatic N) is 3. The van der Waals surface area contributed by atoms with E-state index in [2.05, 4.69) is 5.10 Å². The van der Waals surface area contributed by atoms with Crippen LogP contribution < -0.4 is 0 Å². The molecule has 0 atom stereocenters. The van der Waals surface area contributed by atoms with Gasteiger partial charge in [0.2, 0.25) is 11.6 Å². The Hall–Kier alpha value is -3.23. The first kappa shape index (κ1) is 15.3. The topological polar surface area (TPSA) is 73.2 Å². The van der Waals surface area contributed by atoms with Gasteiger partial charge in [-0.2, -0.15) is 18.3 Å². The standard InChI is InChI=1S/C16H10F3N3O3/c1-21-7-10-9-6-8(15(23)24)2-3-11(9)22(14(10)20-21)13-5-4-12(25-13)16(17,18)19/h2-7H,1H3,(H,23,24). The average molecular weight is 349 g/mol. The molecular weight excluding hydrogens is 339 g/mol. The molecule has 0 aliphatic heterocycles. The van der Waals surface area contributed by atoms with Crippen LogP contribution in [-0.2, 0) is 13.2 Å². The van der Waals surface area contributed by atoms with Gasteiger partial charge in [-0.1, -0.05) is 0 Å². The fourth-order valence-corrected chi connectivity index (χ4v) is 2.85. The molecule has 25 heavy (non-hydrogen) atoms. The average Bonchev–Trinajstić information content (AvgIpc) is 3.19. The van der Waals surface area contributed by atoms with Crippen LogP contribution in [-0.4, -0.2) is 25.4 Å². The summed E-state index contributed by atoms with van der Waals surface area (Å²) in [6, 6.07) is 6.43. The minimum Gasteiger partial charge on any atom is -0.478 e. The number of carboxylic acid groups (broad SMARTS) is 1. The van der Waals surface area contributed by atoms with Crippen molar-refractivity contribution in [1.29, 1.82) is 0 Å². The Morgan fingerprint density at radius 2 is 1.96 bits per heavy atom. The number of halogens is 3. The third-order valence-corrected chi connectivity index (χ3v) is 3.89. The highest BCUT2D eigenvalue weighted by Gasteiger charge is 2.35. The maximum atomic E-state index is 12.8. The van der Waals surface area contributed by atoms with Crippen molar-refractivity contribution in [2.24, 2.45) is 7.05 Å². The normalized spacial score (nSPS) is 12.3. The second kappa shape index (κ2) is 4.88. The van der Waals surface area contributed by atoms with E-state index in [1.807, 2.05) is 0 Å². The number of furan rings is 1. The molecule has 128 valence electrons. The number of aryl methyl sites for hydroxylation is 1. The van der Waals surface area contributed by atoms with Crippen molar-refractivity contribution in [2.75, 3.05) is 0 Å². The summed E-state index contributed by atoms with van der Waals surface area (Å²) in [4.78, 5) is 11.2. The largest absolute Gasteiger partial charge is 0.478 e. The summed E-state index contributed by atoms with van der Waals surface area (Å²) in [5.74, 6) is -2.26. The van der Waals surface area contributed by atoms with Crippen molar-refractivity contribution in [3.63, 3.8) is 0 Å². The van der Waals surface area contributed by atoms with Gasteiger partial charge >= 0.3 is 12.1 Å². The zero-order chi connectivity index (χ0) is 17.9. The molecule has 4 rings (SSSR count). The van der Waals surface area contributed by atoms with Crippen LogP contribution in [0.3, 0.4) is 0 Å². The van der Waals surface area contributed by atoms with E-state index in [-0.39, 0.29) is 11.4 Å². The summed E-state index contributed by atoms with van der Waals surface area (Å²) >= 11 is 0. The van der Waals surface area contributed by atoms with E-state index in [0.717, 1.165) is 6.07 Å². The van der Waals surface area contributed by atoms with Crippen molar-refractivity contribution in [1.82, 2.24) is 14.3 Å². The maximum absolute atomic E-state index is 12.8. The second-order valence-electron chi connectivity index (χ2n) is 5.55. The SMILES string of the molecule is Cn1cc2c3cc(C(=O)O)ccc3n(-c3ccc(C(F)(F)F)o3)c2n1. The van der Waals surface area contributed by atoms with Gasteiger partial charge in [-0.15, -0.1) is 0 Å². The zero-order valence-electron chi connectivity index (χ0n) is 12.7. The summed E-state index contributed by atoms with van der Waals surface area (Å²) in [6.45, 7) is 0. The van der Waals surface area contributed by atoms with Gasteiger partial charge in [-0.25, -0.2) is 4.79 Å². The number of aromatic nitrogens is 3. The highest BCUT2D eigenvalue weighted by molar-refractivity contribution is 6.09. The molecule has 0 saturated heterocycles. The Labute approximate surface area is 137 Å². The number of aromatic carboxylic acids is 1. The lowest BCUT2D eigenvalue weighted by molar-refractivity contribution is -0.152. The Bertz CT molecular complexity index is 1130. The van der Waals surface area contributed by atoms with Gasteiger partial charge in [0.15, 0.2) is 5.65 Å². The molecule has 9 heteroatoms. The van der Waals surface area contributed by atoms with E-state index < -0.39 is 17.9 Å². The Morgan fingerprint density at radius 3 is 2.60 bits per heavy atom. The summed E-state index contributed by atoms with van der Waals surface area (Å²) in [7, 11) is 1.67. The number of rotatable bonds is 2. The summed E-state index contributed by atoms with van der Waals surface area (Å²) in [5, 5.41) is 14.6. The summed E-state index contributed by atoms with van der Waals surface area (Å²) < 4.78 is 46.4. The Kier molecular flexibility index (Phi) is 2.99. The quantitative estimate of drug-likeness (QED) is 0.597. The van der Waals surface area contributed by atoms with Crippen LogP contribution in [0.25, 0.3) is 27.8 Å². The minimum atomic E-state index is -4.60. The first-order valence-electron chi connectivity index (χ1n) is 7.14. The van der Waals surface area contributed by atoms with Gasteiger partial charge in [0, 0.05) is 30.1 Å². The molecule has 0 bridgehead atoms. The third-order valence-electron chi connectivity index (χ3n) is 3.89. The van der Waals surface area contributed by atoms with Gasteiger partial charge in [0.1, 0.15) is 0 Å². The maximum Gasteiger partial charge on any atom is 0.449 e. The molecule has 3 heterocycles. The van der Waals surface area contributed by atoms with E-state index in [1.165, 1.54) is 33.5 Å². The van der Waals surface area contributed by atoms with Crippen molar-refractivity contribution >= 4 is 27.9 Å². The van der Waals surface area contributed by atoms with Crippen molar-refractivity contribution < 1.29 is 27.5 Å². The molecule has 0 unspecified atom stereocenters. The molecule has 0 fully saturated rings. The van der Waals surface area contributed by atoms with Gasteiger partial charge in [-0.05, 0) is 24.3 Å². The smallest absolute Gasteiger partial charge is 0.449 e. The van der Waals surface area contributed by atoms with E-state index in [1.54, 1.807) is 13.2 Å². The van der Waals surface area contributed by atoms with Crippen molar-refractivity contribution in [3.8, 4) is 5.88 Å². The molecule has 0 aliphatic rings. The number of hydrogen-bond acceptors (Lipinski definition) is 3. The number of carbonyl (C=O) groups is 1. The predicted molar refractivity (Wildman–Crippen MR) is 81.8 cm³/mol. The molecule has 3 aromatic heterocycles. The number of hydrogen-bond donors (Lipinski definition) is 1. The van der Waals surface area contributed by atoms with E-state index >= 15 is 0 Å². The van der Waals surface area contributed by atoms with Crippen LogP contribution in [0.4, 0.5) is 13.2 Å². The summed E-state index contributed by atoms with van der Waals surface area (Å²) in [6.07, 6.45) is -2.92. The molecule has 0 amide bonds. The van der Waals surface area contributed by atoms with Gasteiger partial charge < -0.3 is 9.52 Å². The molecule has 0 radical (unpaired) electrons. The lowest BCUT2D eigenvalue weighted by atomic mass is 10.1. The minimum absolute atomic E-state index is 0.0471. The van der Waals surface area contributed by atoms with Crippen LogP contribution in [0.2, 0.25) is 0 Å².